The van der Waals surface area contributed by atoms with Gasteiger partial charge in [-0.1, -0.05) is 6.92 Å². The molecule has 0 fully saturated rings. The van der Waals surface area contributed by atoms with Gasteiger partial charge in [0.05, 0.1) is 11.6 Å². The summed E-state index contributed by atoms with van der Waals surface area (Å²) in [6.07, 6.45) is -2.84. The number of thiazole rings is 1. The molecule has 0 aliphatic carbocycles. The van der Waals surface area contributed by atoms with Crippen molar-refractivity contribution in [1.29, 1.82) is 0 Å². The Balaban J connectivity index is 2.05. The number of rotatable bonds is 5. The first kappa shape index (κ1) is 17.3. The first-order chi connectivity index (χ1) is 10.8. The van der Waals surface area contributed by atoms with Gasteiger partial charge in [0.15, 0.2) is 0 Å². The van der Waals surface area contributed by atoms with Crippen molar-refractivity contribution >= 4 is 17.2 Å². The molecule has 0 bridgehead atoms. The number of amides is 1. The Morgan fingerprint density at radius 1 is 1.30 bits per heavy atom. The molecule has 0 saturated carbocycles. The number of aromatic nitrogens is 3. The van der Waals surface area contributed by atoms with Gasteiger partial charge in [0.1, 0.15) is 17.2 Å². The number of hydrogen-bond donors (Lipinski definition) is 1. The standard InChI is InChI=1S/C14H15F3N4OS/c1-3-4-12-20-9(7-23-12)13(22)18-6-11-19-8(2)5-10(21-11)14(15,16)17/h5,7H,3-4,6H2,1-2H3,(H,18,22). The Kier molecular flexibility index (Phi) is 5.30. The minimum absolute atomic E-state index is 0.0883. The number of carbonyl (C=O) groups excluding carboxylic acids is 1. The number of aryl methyl sites for hydroxylation is 2. The van der Waals surface area contributed by atoms with E-state index >= 15 is 0 Å². The summed E-state index contributed by atoms with van der Waals surface area (Å²) in [7, 11) is 0. The first-order valence-corrected chi connectivity index (χ1v) is 7.82. The summed E-state index contributed by atoms with van der Waals surface area (Å²) in [6.45, 7) is 3.26. The van der Waals surface area contributed by atoms with Gasteiger partial charge in [-0.3, -0.25) is 4.79 Å². The van der Waals surface area contributed by atoms with Crippen LogP contribution in [0.1, 0.15) is 46.1 Å². The second-order valence-electron chi connectivity index (χ2n) is 4.87. The summed E-state index contributed by atoms with van der Waals surface area (Å²) in [5, 5.41) is 4.96. The fourth-order valence-electron chi connectivity index (χ4n) is 1.85. The van der Waals surface area contributed by atoms with Gasteiger partial charge in [0.25, 0.3) is 5.91 Å². The maximum atomic E-state index is 12.7. The molecule has 0 aliphatic heterocycles. The van der Waals surface area contributed by atoms with Crippen molar-refractivity contribution < 1.29 is 18.0 Å². The third-order valence-corrected chi connectivity index (χ3v) is 3.75. The fraction of sp³-hybridized carbons (Fsp3) is 0.429. The van der Waals surface area contributed by atoms with Crippen LogP contribution in [0.3, 0.4) is 0 Å². The molecule has 0 atom stereocenters. The molecule has 5 nitrogen and oxygen atoms in total. The molecule has 0 unspecified atom stereocenters. The van der Waals surface area contributed by atoms with Crippen molar-refractivity contribution in [2.45, 2.75) is 39.4 Å². The summed E-state index contributed by atoms with van der Waals surface area (Å²) < 4.78 is 38.1. The van der Waals surface area contributed by atoms with Gasteiger partial charge in [-0.15, -0.1) is 11.3 Å². The molecule has 23 heavy (non-hydrogen) atoms. The monoisotopic (exact) mass is 344 g/mol. The second kappa shape index (κ2) is 7.03. The van der Waals surface area contributed by atoms with Gasteiger partial charge in [-0.05, 0) is 25.8 Å². The Labute approximate surface area is 135 Å². The minimum atomic E-state index is -4.55. The van der Waals surface area contributed by atoms with E-state index in [9.17, 15) is 18.0 Å². The molecule has 0 spiro atoms. The van der Waals surface area contributed by atoms with E-state index < -0.39 is 17.8 Å². The normalized spacial score (nSPS) is 11.5. The molecule has 0 saturated heterocycles. The summed E-state index contributed by atoms with van der Waals surface area (Å²) in [6, 6.07) is 0.864. The number of hydrogen-bond acceptors (Lipinski definition) is 5. The zero-order valence-corrected chi connectivity index (χ0v) is 13.4. The van der Waals surface area contributed by atoms with E-state index in [1.54, 1.807) is 5.38 Å². The van der Waals surface area contributed by atoms with E-state index in [2.05, 4.69) is 20.3 Å². The van der Waals surface area contributed by atoms with Gasteiger partial charge in [-0.2, -0.15) is 13.2 Å². The van der Waals surface area contributed by atoms with Gasteiger partial charge < -0.3 is 5.32 Å². The number of carbonyl (C=O) groups is 1. The summed E-state index contributed by atoms with van der Waals surface area (Å²) in [5.41, 5.74) is -0.578. The Morgan fingerprint density at radius 3 is 2.70 bits per heavy atom. The van der Waals surface area contributed by atoms with Crippen LogP contribution < -0.4 is 5.32 Å². The van der Waals surface area contributed by atoms with Crippen molar-refractivity contribution in [3.63, 3.8) is 0 Å². The Bertz CT molecular complexity index is 700. The van der Waals surface area contributed by atoms with E-state index in [0.29, 0.717) is 0 Å². The maximum absolute atomic E-state index is 12.7. The van der Waals surface area contributed by atoms with Crippen molar-refractivity contribution in [2.24, 2.45) is 0 Å². The van der Waals surface area contributed by atoms with Gasteiger partial charge in [0, 0.05) is 11.1 Å². The fourth-order valence-corrected chi connectivity index (χ4v) is 2.73. The number of nitrogens with one attached hydrogen (secondary N) is 1. The highest BCUT2D eigenvalue weighted by Crippen LogP contribution is 2.27. The second-order valence-corrected chi connectivity index (χ2v) is 5.81. The van der Waals surface area contributed by atoms with E-state index in [0.717, 1.165) is 23.9 Å². The quantitative estimate of drug-likeness (QED) is 0.905. The van der Waals surface area contributed by atoms with Gasteiger partial charge in [0.2, 0.25) is 0 Å². The lowest BCUT2D eigenvalue weighted by Crippen LogP contribution is -2.25. The molecule has 0 aliphatic rings. The van der Waals surface area contributed by atoms with Crippen LogP contribution in [0.4, 0.5) is 13.2 Å². The Morgan fingerprint density at radius 2 is 2.04 bits per heavy atom. The summed E-state index contributed by atoms with van der Waals surface area (Å²) in [4.78, 5) is 23.5. The lowest BCUT2D eigenvalue weighted by molar-refractivity contribution is -0.141. The summed E-state index contributed by atoms with van der Waals surface area (Å²) >= 11 is 1.38. The predicted molar refractivity (Wildman–Crippen MR) is 79.1 cm³/mol. The Hall–Kier alpha value is -2.03. The molecular weight excluding hydrogens is 329 g/mol. The van der Waals surface area contributed by atoms with E-state index in [4.69, 9.17) is 0 Å². The van der Waals surface area contributed by atoms with Crippen LogP contribution in [0, 0.1) is 6.92 Å². The third-order valence-electron chi connectivity index (χ3n) is 2.85. The number of nitrogens with zero attached hydrogens (tertiary/aromatic N) is 3. The number of halogens is 3. The molecule has 2 aromatic rings. The van der Waals surface area contributed by atoms with Gasteiger partial charge >= 0.3 is 6.18 Å². The average Bonchev–Trinajstić information content (AvgIpc) is 2.92. The SMILES string of the molecule is CCCc1nc(C(=O)NCc2nc(C)cc(C(F)(F)F)n2)cs1. The zero-order valence-electron chi connectivity index (χ0n) is 12.6. The van der Waals surface area contributed by atoms with Crippen LogP contribution in [0.2, 0.25) is 0 Å². The molecule has 124 valence electrons. The zero-order chi connectivity index (χ0) is 17.0. The topological polar surface area (TPSA) is 67.8 Å². The third kappa shape index (κ3) is 4.72. The van der Waals surface area contributed by atoms with Crippen molar-refractivity contribution in [2.75, 3.05) is 0 Å². The highest BCUT2D eigenvalue weighted by molar-refractivity contribution is 7.09. The van der Waals surface area contributed by atoms with E-state index in [1.165, 1.54) is 18.3 Å². The van der Waals surface area contributed by atoms with Gasteiger partial charge in [-0.25, -0.2) is 15.0 Å². The average molecular weight is 344 g/mol. The van der Waals surface area contributed by atoms with Crippen molar-refractivity contribution in [1.82, 2.24) is 20.3 Å². The maximum Gasteiger partial charge on any atom is 0.433 e. The highest BCUT2D eigenvalue weighted by Gasteiger charge is 2.33. The molecule has 1 N–H and O–H groups in total. The minimum Gasteiger partial charge on any atom is -0.343 e. The lowest BCUT2D eigenvalue weighted by atomic mass is 10.3. The molecule has 2 aromatic heterocycles. The molecule has 9 heteroatoms. The number of alkyl halides is 3. The molecule has 0 radical (unpaired) electrons. The first-order valence-electron chi connectivity index (χ1n) is 6.94. The van der Waals surface area contributed by atoms with Crippen molar-refractivity contribution in [3.8, 4) is 0 Å². The van der Waals surface area contributed by atoms with Crippen molar-refractivity contribution in [3.05, 3.63) is 39.4 Å². The molecule has 0 aromatic carbocycles. The van der Waals surface area contributed by atoms with Crippen LogP contribution in [0.15, 0.2) is 11.4 Å². The lowest BCUT2D eigenvalue weighted by Gasteiger charge is -2.09. The van der Waals surface area contributed by atoms with E-state index in [-0.39, 0.29) is 23.8 Å². The largest absolute Gasteiger partial charge is 0.433 e. The van der Waals surface area contributed by atoms with Crippen LogP contribution in [0.5, 0.6) is 0 Å². The van der Waals surface area contributed by atoms with Crippen LogP contribution in [0.25, 0.3) is 0 Å². The van der Waals surface area contributed by atoms with Crippen LogP contribution in [-0.2, 0) is 19.1 Å². The predicted octanol–water partition coefficient (Wildman–Crippen LogP) is 3.14. The molecule has 2 rings (SSSR count). The highest BCUT2D eigenvalue weighted by atomic mass is 32.1. The molecular formula is C14H15F3N4OS. The van der Waals surface area contributed by atoms with E-state index in [1.807, 2.05) is 6.92 Å². The molecule has 1 amide bonds. The smallest absolute Gasteiger partial charge is 0.343 e. The van der Waals surface area contributed by atoms with Crippen LogP contribution in [-0.4, -0.2) is 20.9 Å². The van der Waals surface area contributed by atoms with Crippen LogP contribution >= 0.6 is 11.3 Å². The molecule has 2 heterocycles. The summed E-state index contributed by atoms with van der Waals surface area (Å²) in [5.74, 6) is -0.544.